The Morgan fingerprint density at radius 1 is 1.16 bits per heavy atom. The van der Waals surface area contributed by atoms with Crippen LogP contribution in [0.5, 0.6) is 0 Å². The van der Waals surface area contributed by atoms with Crippen LogP contribution in [-0.4, -0.2) is 16.5 Å². The topological polar surface area (TPSA) is 37.8 Å². The van der Waals surface area contributed by atoms with Crippen molar-refractivity contribution < 1.29 is 0 Å². The highest BCUT2D eigenvalue weighted by Crippen LogP contribution is 2.26. The molecule has 4 heteroatoms. The molecule has 0 aliphatic carbocycles. The number of anilines is 1. The van der Waals surface area contributed by atoms with E-state index in [1.54, 1.807) is 0 Å². The van der Waals surface area contributed by atoms with E-state index in [0.29, 0.717) is 0 Å². The molecule has 19 heavy (non-hydrogen) atoms. The molecule has 0 fully saturated rings. The third-order valence-corrected chi connectivity index (χ3v) is 4.29. The molecule has 0 amide bonds. The Hall–Kier alpha value is -1.17. The molecule has 100 valence electrons. The van der Waals surface area contributed by atoms with Gasteiger partial charge < -0.3 is 5.32 Å². The lowest BCUT2D eigenvalue weighted by atomic mass is 10.0. The van der Waals surface area contributed by atoms with Crippen molar-refractivity contribution in [3.63, 3.8) is 0 Å². The second kappa shape index (κ2) is 6.32. The minimum absolute atomic E-state index is 0.811. The largest absolute Gasteiger partial charge is 0.369 e. The molecule has 1 aromatic heterocycles. The molecule has 0 unspecified atom stereocenters. The number of aryl methyl sites for hydroxylation is 2. The van der Waals surface area contributed by atoms with E-state index in [-0.39, 0.29) is 0 Å². The van der Waals surface area contributed by atoms with Gasteiger partial charge in [0.2, 0.25) is 0 Å². The Morgan fingerprint density at radius 3 is 2.58 bits per heavy atom. The van der Waals surface area contributed by atoms with Crippen LogP contribution in [0.2, 0.25) is 0 Å². The average molecular weight is 367 g/mol. The van der Waals surface area contributed by atoms with Crippen molar-refractivity contribution in [1.29, 1.82) is 0 Å². The highest BCUT2D eigenvalue weighted by Gasteiger charge is 2.12. The lowest BCUT2D eigenvalue weighted by Crippen LogP contribution is -2.06. The van der Waals surface area contributed by atoms with Crippen LogP contribution in [0.1, 0.15) is 25.1 Å². The quantitative estimate of drug-likeness (QED) is 0.829. The van der Waals surface area contributed by atoms with Gasteiger partial charge in [-0.3, -0.25) is 0 Å². The van der Waals surface area contributed by atoms with Crippen LogP contribution in [0.25, 0.3) is 11.4 Å². The van der Waals surface area contributed by atoms with E-state index >= 15 is 0 Å². The first-order valence-corrected chi connectivity index (χ1v) is 7.61. The summed E-state index contributed by atoms with van der Waals surface area (Å²) in [6.45, 7) is 7.13. The van der Waals surface area contributed by atoms with Gasteiger partial charge >= 0.3 is 0 Å². The zero-order valence-electron chi connectivity index (χ0n) is 11.5. The lowest BCUT2D eigenvalue weighted by Gasteiger charge is -2.12. The van der Waals surface area contributed by atoms with Crippen LogP contribution in [0.3, 0.4) is 0 Å². The van der Waals surface area contributed by atoms with E-state index in [1.165, 1.54) is 5.56 Å². The van der Waals surface area contributed by atoms with Crippen molar-refractivity contribution in [2.75, 3.05) is 11.9 Å². The van der Waals surface area contributed by atoms with Crippen molar-refractivity contribution in [1.82, 2.24) is 9.97 Å². The van der Waals surface area contributed by atoms with Gasteiger partial charge in [-0.15, -0.1) is 0 Å². The molecule has 0 radical (unpaired) electrons. The molecule has 0 spiro atoms. The number of nitrogens with one attached hydrogen (secondary N) is 1. The van der Waals surface area contributed by atoms with Gasteiger partial charge in [-0.2, -0.15) is 0 Å². The predicted molar refractivity (Wildman–Crippen MR) is 88.5 cm³/mol. The second-order valence-corrected chi connectivity index (χ2v) is 5.41. The third-order valence-electron chi connectivity index (χ3n) is 3.00. The molecule has 0 atom stereocenters. The third kappa shape index (κ3) is 3.05. The average Bonchev–Trinajstić information content (AvgIpc) is 2.43. The summed E-state index contributed by atoms with van der Waals surface area (Å²) in [5, 5.41) is 3.31. The first kappa shape index (κ1) is 14.2. The number of rotatable bonds is 4. The molecule has 1 aromatic carbocycles. The Kier molecular flexibility index (Phi) is 4.74. The van der Waals surface area contributed by atoms with Gasteiger partial charge in [-0.05, 0) is 48.4 Å². The number of aromatic nitrogens is 2. The number of hydrogen-bond donors (Lipinski definition) is 1. The first-order valence-electron chi connectivity index (χ1n) is 6.53. The fourth-order valence-electron chi connectivity index (χ4n) is 2.01. The highest BCUT2D eigenvalue weighted by molar-refractivity contribution is 14.1. The van der Waals surface area contributed by atoms with Gasteiger partial charge in [0, 0.05) is 12.1 Å². The Balaban J connectivity index is 2.56. The summed E-state index contributed by atoms with van der Waals surface area (Å²) in [7, 11) is 0. The zero-order valence-corrected chi connectivity index (χ0v) is 13.7. The second-order valence-electron chi connectivity index (χ2n) is 4.34. The number of halogens is 1. The monoisotopic (exact) mass is 367 g/mol. The van der Waals surface area contributed by atoms with Crippen LogP contribution in [0.15, 0.2) is 24.3 Å². The zero-order chi connectivity index (χ0) is 13.8. The van der Waals surface area contributed by atoms with E-state index in [0.717, 1.165) is 39.4 Å². The smallest absolute Gasteiger partial charge is 0.162 e. The highest BCUT2D eigenvalue weighted by atomic mass is 127. The van der Waals surface area contributed by atoms with Crippen molar-refractivity contribution in [3.05, 3.63) is 39.1 Å². The molecule has 1 heterocycles. The minimum atomic E-state index is 0.811. The van der Waals surface area contributed by atoms with Gasteiger partial charge in [0.05, 0.1) is 9.26 Å². The Bertz CT molecular complexity index is 582. The van der Waals surface area contributed by atoms with Crippen LogP contribution in [0.4, 0.5) is 5.82 Å². The van der Waals surface area contributed by atoms with Crippen LogP contribution in [0, 0.1) is 10.5 Å². The standard InChI is InChI=1S/C15H18IN3/c1-4-11-8-6-7-9-12(11)14-18-10(3)13(16)15(19-14)17-5-2/h6-9H,4-5H2,1-3H3,(H,17,18,19). The summed E-state index contributed by atoms with van der Waals surface area (Å²) >= 11 is 2.29. The minimum Gasteiger partial charge on any atom is -0.369 e. The van der Waals surface area contributed by atoms with E-state index in [9.17, 15) is 0 Å². The van der Waals surface area contributed by atoms with Gasteiger partial charge in [0.15, 0.2) is 5.82 Å². The fraction of sp³-hybridized carbons (Fsp3) is 0.333. The maximum atomic E-state index is 4.67. The van der Waals surface area contributed by atoms with Crippen LogP contribution >= 0.6 is 22.6 Å². The summed E-state index contributed by atoms with van der Waals surface area (Å²) in [5.41, 5.74) is 3.43. The van der Waals surface area contributed by atoms with Gasteiger partial charge in [0.25, 0.3) is 0 Å². The summed E-state index contributed by atoms with van der Waals surface area (Å²) in [5.74, 6) is 1.74. The number of benzene rings is 1. The molecule has 0 bridgehead atoms. The fourth-order valence-corrected chi connectivity index (χ4v) is 2.44. The van der Waals surface area contributed by atoms with E-state index in [1.807, 2.05) is 13.0 Å². The molecule has 0 aliphatic heterocycles. The Morgan fingerprint density at radius 2 is 1.89 bits per heavy atom. The van der Waals surface area contributed by atoms with Crippen molar-refractivity contribution in [3.8, 4) is 11.4 Å². The predicted octanol–water partition coefficient (Wildman–Crippen LogP) is 4.05. The number of nitrogens with zero attached hydrogens (tertiary/aromatic N) is 2. The molecular formula is C15H18IN3. The first-order chi connectivity index (χ1) is 9.17. The SMILES string of the molecule is CCNc1nc(-c2ccccc2CC)nc(C)c1I. The van der Waals surface area contributed by atoms with Gasteiger partial charge in [-0.1, -0.05) is 31.2 Å². The van der Waals surface area contributed by atoms with E-state index < -0.39 is 0 Å². The van der Waals surface area contributed by atoms with Crippen molar-refractivity contribution in [2.45, 2.75) is 27.2 Å². The van der Waals surface area contributed by atoms with Gasteiger partial charge in [0.1, 0.15) is 5.82 Å². The molecule has 0 saturated carbocycles. The number of hydrogen-bond acceptors (Lipinski definition) is 3. The van der Waals surface area contributed by atoms with Crippen molar-refractivity contribution in [2.24, 2.45) is 0 Å². The summed E-state index contributed by atoms with van der Waals surface area (Å²) in [6.07, 6.45) is 0.987. The summed E-state index contributed by atoms with van der Waals surface area (Å²) < 4.78 is 1.09. The van der Waals surface area contributed by atoms with E-state index in [4.69, 9.17) is 0 Å². The van der Waals surface area contributed by atoms with E-state index in [2.05, 4.69) is 69.9 Å². The maximum Gasteiger partial charge on any atom is 0.162 e. The van der Waals surface area contributed by atoms with Crippen LogP contribution < -0.4 is 5.32 Å². The molecule has 2 rings (SSSR count). The molecular weight excluding hydrogens is 349 g/mol. The maximum absolute atomic E-state index is 4.67. The molecule has 0 saturated heterocycles. The van der Waals surface area contributed by atoms with Crippen LogP contribution in [-0.2, 0) is 6.42 Å². The lowest BCUT2D eigenvalue weighted by molar-refractivity contribution is 1.05. The normalized spacial score (nSPS) is 10.5. The van der Waals surface area contributed by atoms with Gasteiger partial charge in [-0.25, -0.2) is 9.97 Å². The Labute approximate surface area is 128 Å². The summed E-state index contributed by atoms with van der Waals surface area (Å²) in [6, 6.07) is 8.33. The van der Waals surface area contributed by atoms with Crippen molar-refractivity contribution >= 4 is 28.4 Å². The molecule has 1 N–H and O–H groups in total. The molecule has 3 nitrogen and oxygen atoms in total. The summed E-state index contributed by atoms with van der Waals surface area (Å²) in [4.78, 5) is 9.31. The molecule has 0 aliphatic rings. The molecule has 2 aromatic rings.